The van der Waals surface area contributed by atoms with Crippen LogP contribution in [-0.2, 0) is 0 Å². The van der Waals surface area contributed by atoms with Crippen LogP contribution < -0.4 is 0 Å². The Morgan fingerprint density at radius 3 is 2.36 bits per heavy atom. The summed E-state index contributed by atoms with van der Waals surface area (Å²) in [6.45, 7) is 1.61. The van der Waals surface area contributed by atoms with Crippen molar-refractivity contribution in [2.45, 2.75) is 6.92 Å². The minimum atomic E-state index is -1.09. The molecular weight excluding hydrogens is 188 g/mol. The monoisotopic (exact) mass is 199 g/mol. The molecule has 1 rings (SSSR count). The third-order valence-electron chi connectivity index (χ3n) is 1.81. The quantitative estimate of drug-likeness (QED) is 0.677. The number of benzene rings is 1. The number of aryl methyl sites for hydroxylation is 1. The van der Waals surface area contributed by atoms with Gasteiger partial charge in [-0.25, -0.2) is 8.78 Å². The minimum absolute atomic E-state index is 0.229. The molecule has 14 heavy (non-hydrogen) atoms. The highest BCUT2D eigenvalue weighted by Gasteiger charge is 2.17. The van der Waals surface area contributed by atoms with E-state index in [0.29, 0.717) is 5.56 Å². The van der Waals surface area contributed by atoms with E-state index >= 15 is 0 Å². The highest BCUT2D eigenvalue weighted by atomic mass is 19.2. The molecular formula is C10H11F2NO. The molecule has 0 unspecified atom stereocenters. The second-order valence-corrected chi connectivity index (χ2v) is 3.31. The standard InChI is InChI=1S/C10H11F2NO/c1-6-4-7(10(14)13(2)3)9(12)8(11)5-6/h4-5H,1-3H3. The van der Waals surface area contributed by atoms with Crippen LogP contribution in [0.2, 0.25) is 0 Å². The average molecular weight is 199 g/mol. The highest BCUT2D eigenvalue weighted by Crippen LogP contribution is 2.15. The maximum absolute atomic E-state index is 13.2. The number of amides is 1. The zero-order valence-electron chi connectivity index (χ0n) is 8.27. The predicted molar refractivity (Wildman–Crippen MR) is 49.1 cm³/mol. The van der Waals surface area contributed by atoms with Gasteiger partial charge >= 0.3 is 0 Å². The van der Waals surface area contributed by atoms with Crippen molar-refractivity contribution in [2.24, 2.45) is 0 Å². The van der Waals surface area contributed by atoms with E-state index in [1.165, 1.54) is 25.1 Å². The molecule has 0 spiro atoms. The molecule has 0 aliphatic rings. The molecule has 0 aliphatic heterocycles. The van der Waals surface area contributed by atoms with E-state index in [2.05, 4.69) is 0 Å². The second-order valence-electron chi connectivity index (χ2n) is 3.31. The van der Waals surface area contributed by atoms with Gasteiger partial charge in [0.25, 0.3) is 5.91 Å². The topological polar surface area (TPSA) is 20.3 Å². The van der Waals surface area contributed by atoms with Crippen LogP contribution in [0.4, 0.5) is 8.78 Å². The molecule has 0 aliphatic carbocycles. The number of hydrogen-bond acceptors (Lipinski definition) is 1. The van der Waals surface area contributed by atoms with Crippen LogP contribution in [0.15, 0.2) is 12.1 Å². The molecule has 4 heteroatoms. The largest absolute Gasteiger partial charge is 0.345 e. The maximum atomic E-state index is 13.2. The first-order chi connectivity index (χ1) is 6.43. The molecule has 0 radical (unpaired) electrons. The normalized spacial score (nSPS) is 10.1. The molecule has 0 aromatic heterocycles. The molecule has 0 atom stereocenters. The van der Waals surface area contributed by atoms with Crippen molar-refractivity contribution < 1.29 is 13.6 Å². The molecule has 0 saturated heterocycles. The Balaban J connectivity index is 3.27. The Hall–Kier alpha value is -1.45. The number of carbonyl (C=O) groups is 1. The van der Waals surface area contributed by atoms with E-state index in [9.17, 15) is 13.6 Å². The van der Waals surface area contributed by atoms with Gasteiger partial charge in [-0.3, -0.25) is 4.79 Å². The summed E-state index contributed by atoms with van der Waals surface area (Å²) in [6.07, 6.45) is 0. The molecule has 0 bridgehead atoms. The van der Waals surface area contributed by atoms with Crippen LogP contribution in [0.5, 0.6) is 0 Å². The Kier molecular flexibility index (Phi) is 2.84. The zero-order chi connectivity index (χ0) is 10.9. The van der Waals surface area contributed by atoms with Gasteiger partial charge in [-0.15, -0.1) is 0 Å². The fraction of sp³-hybridized carbons (Fsp3) is 0.300. The Bertz CT molecular complexity index is 375. The first-order valence-corrected chi connectivity index (χ1v) is 4.10. The summed E-state index contributed by atoms with van der Waals surface area (Å²) in [7, 11) is 2.98. The van der Waals surface area contributed by atoms with Gasteiger partial charge in [0.2, 0.25) is 0 Å². The summed E-state index contributed by atoms with van der Waals surface area (Å²) in [6, 6.07) is 2.39. The van der Waals surface area contributed by atoms with E-state index in [-0.39, 0.29) is 5.56 Å². The first kappa shape index (κ1) is 10.6. The predicted octanol–water partition coefficient (Wildman–Crippen LogP) is 1.98. The van der Waals surface area contributed by atoms with Crippen molar-refractivity contribution in [3.05, 3.63) is 34.9 Å². The first-order valence-electron chi connectivity index (χ1n) is 4.10. The van der Waals surface area contributed by atoms with Crippen molar-refractivity contribution in [3.8, 4) is 0 Å². The smallest absolute Gasteiger partial charge is 0.256 e. The van der Waals surface area contributed by atoms with Crippen LogP contribution in [0.3, 0.4) is 0 Å². The van der Waals surface area contributed by atoms with Crippen molar-refractivity contribution in [2.75, 3.05) is 14.1 Å². The Morgan fingerprint density at radius 1 is 1.29 bits per heavy atom. The van der Waals surface area contributed by atoms with E-state index in [0.717, 1.165) is 6.07 Å². The molecule has 0 fully saturated rings. The fourth-order valence-electron chi connectivity index (χ4n) is 1.12. The van der Waals surface area contributed by atoms with E-state index in [4.69, 9.17) is 0 Å². The van der Waals surface area contributed by atoms with Gasteiger partial charge in [-0.2, -0.15) is 0 Å². The molecule has 1 aromatic rings. The maximum Gasteiger partial charge on any atom is 0.256 e. The number of carbonyl (C=O) groups excluding carboxylic acids is 1. The van der Waals surface area contributed by atoms with Gasteiger partial charge in [0.15, 0.2) is 11.6 Å². The SMILES string of the molecule is Cc1cc(F)c(F)c(C(=O)N(C)C)c1. The van der Waals surface area contributed by atoms with Crippen LogP contribution in [0.25, 0.3) is 0 Å². The molecule has 1 aromatic carbocycles. The van der Waals surface area contributed by atoms with Crippen molar-refractivity contribution in [3.63, 3.8) is 0 Å². The third kappa shape index (κ3) is 1.89. The average Bonchev–Trinajstić information content (AvgIpc) is 2.09. The summed E-state index contributed by atoms with van der Waals surface area (Å²) >= 11 is 0. The van der Waals surface area contributed by atoms with Gasteiger partial charge in [0.1, 0.15) is 0 Å². The van der Waals surface area contributed by atoms with E-state index < -0.39 is 17.5 Å². The summed E-state index contributed by atoms with van der Waals surface area (Å²) in [4.78, 5) is 12.6. The van der Waals surface area contributed by atoms with Crippen LogP contribution in [-0.4, -0.2) is 24.9 Å². The van der Waals surface area contributed by atoms with Gasteiger partial charge < -0.3 is 4.90 Å². The van der Waals surface area contributed by atoms with E-state index in [1.54, 1.807) is 6.92 Å². The van der Waals surface area contributed by atoms with Crippen molar-refractivity contribution >= 4 is 5.91 Å². The highest BCUT2D eigenvalue weighted by molar-refractivity contribution is 5.94. The van der Waals surface area contributed by atoms with E-state index in [1.807, 2.05) is 0 Å². The Labute approximate surface area is 81.1 Å². The van der Waals surface area contributed by atoms with Crippen LogP contribution in [0, 0.1) is 18.6 Å². The molecule has 2 nitrogen and oxygen atoms in total. The van der Waals surface area contributed by atoms with Crippen LogP contribution in [0.1, 0.15) is 15.9 Å². The fourth-order valence-corrected chi connectivity index (χ4v) is 1.12. The zero-order valence-corrected chi connectivity index (χ0v) is 8.27. The van der Waals surface area contributed by atoms with Gasteiger partial charge in [0.05, 0.1) is 5.56 Å². The summed E-state index contributed by atoms with van der Waals surface area (Å²) in [5, 5.41) is 0. The minimum Gasteiger partial charge on any atom is -0.345 e. The molecule has 0 heterocycles. The van der Waals surface area contributed by atoms with Crippen LogP contribution >= 0.6 is 0 Å². The van der Waals surface area contributed by atoms with Crippen molar-refractivity contribution in [1.82, 2.24) is 4.90 Å². The number of nitrogens with zero attached hydrogens (tertiary/aromatic N) is 1. The molecule has 76 valence electrons. The molecule has 0 saturated carbocycles. The molecule has 1 amide bonds. The lowest BCUT2D eigenvalue weighted by atomic mass is 10.1. The summed E-state index contributed by atoms with van der Waals surface area (Å²) in [5.41, 5.74) is 0.293. The number of rotatable bonds is 1. The van der Waals surface area contributed by atoms with Gasteiger partial charge in [0, 0.05) is 14.1 Å². The number of halogens is 2. The summed E-state index contributed by atoms with van der Waals surface area (Å²) < 4.78 is 26.1. The lowest BCUT2D eigenvalue weighted by Crippen LogP contribution is -2.23. The lowest BCUT2D eigenvalue weighted by Gasteiger charge is -2.11. The number of hydrogen-bond donors (Lipinski definition) is 0. The van der Waals surface area contributed by atoms with Crippen molar-refractivity contribution in [1.29, 1.82) is 0 Å². The lowest BCUT2D eigenvalue weighted by molar-refractivity contribution is 0.0822. The second kappa shape index (κ2) is 3.74. The third-order valence-corrected chi connectivity index (χ3v) is 1.81. The summed E-state index contributed by atoms with van der Waals surface area (Å²) in [5.74, 6) is -2.62. The Morgan fingerprint density at radius 2 is 1.86 bits per heavy atom. The van der Waals surface area contributed by atoms with Gasteiger partial charge in [-0.1, -0.05) is 0 Å². The van der Waals surface area contributed by atoms with Gasteiger partial charge in [-0.05, 0) is 24.6 Å². The molecule has 0 N–H and O–H groups in total.